The molecule has 48 heavy (non-hydrogen) atoms. The minimum Gasteiger partial charge on any atom is -0.501 e. The van der Waals surface area contributed by atoms with Crippen LogP contribution in [0.2, 0.25) is 0 Å². The van der Waals surface area contributed by atoms with Crippen LogP contribution < -0.4 is 11.5 Å². The highest BCUT2D eigenvalue weighted by Gasteiger charge is 2.07. The van der Waals surface area contributed by atoms with Crippen LogP contribution in [0.15, 0.2) is 60.9 Å². The van der Waals surface area contributed by atoms with Crippen molar-refractivity contribution in [1.29, 1.82) is 0 Å². The molecule has 0 unspecified atom stereocenters. The zero-order valence-corrected chi connectivity index (χ0v) is 28.8. The number of rotatable bonds is 28. The highest BCUT2D eigenvalue weighted by molar-refractivity contribution is 5.90. The summed E-state index contributed by atoms with van der Waals surface area (Å²) in [6.45, 7) is 1.95. The van der Waals surface area contributed by atoms with Gasteiger partial charge in [-0.25, -0.2) is 14.4 Å². The average molecular weight is 667 g/mol. The molecule has 0 atom stereocenters. The van der Waals surface area contributed by atoms with Crippen LogP contribution in [0.1, 0.15) is 136 Å². The van der Waals surface area contributed by atoms with E-state index in [0.29, 0.717) is 48.9 Å². The van der Waals surface area contributed by atoms with Gasteiger partial charge in [-0.15, -0.1) is 0 Å². The van der Waals surface area contributed by atoms with Crippen molar-refractivity contribution in [2.45, 2.75) is 116 Å². The Balaban J connectivity index is 1.25. The first-order valence-corrected chi connectivity index (χ1v) is 18.0. The third-order valence-electron chi connectivity index (χ3n) is 8.00. The molecule has 0 fully saturated rings. The molecule has 0 bridgehead atoms. The van der Waals surface area contributed by atoms with Gasteiger partial charge in [-0.05, 0) is 74.2 Å². The summed E-state index contributed by atoms with van der Waals surface area (Å²) >= 11 is 0. The largest absolute Gasteiger partial charge is 0.501 e. The first-order chi connectivity index (χ1) is 23.5. The summed E-state index contributed by atoms with van der Waals surface area (Å²) in [7, 11) is 0. The number of anilines is 2. The Morgan fingerprint density at radius 2 is 0.750 bits per heavy atom. The third-order valence-corrected chi connectivity index (χ3v) is 8.00. The minimum atomic E-state index is -0.353. The number of nitrogens with two attached hydrogens (primary N) is 2. The number of carbonyl (C=O) groups excluding carboxylic acids is 3. The van der Waals surface area contributed by atoms with E-state index in [-0.39, 0.29) is 17.9 Å². The van der Waals surface area contributed by atoms with E-state index in [1.54, 1.807) is 48.5 Å². The summed E-state index contributed by atoms with van der Waals surface area (Å²) in [6.07, 6.45) is 22.5. The molecule has 0 aliphatic rings. The normalized spacial score (nSPS) is 11.0. The van der Waals surface area contributed by atoms with Crippen LogP contribution >= 0.6 is 0 Å². The Labute approximate surface area is 287 Å². The zero-order valence-electron chi connectivity index (χ0n) is 28.8. The van der Waals surface area contributed by atoms with Crippen LogP contribution in [-0.2, 0) is 23.7 Å². The number of benzene rings is 2. The smallest absolute Gasteiger partial charge is 0.338 e. The summed E-state index contributed by atoms with van der Waals surface area (Å²) in [5.41, 5.74) is 13.6. The van der Waals surface area contributed by atoms with Crippen molar-refractivity contribution >= 4 is 29.3 Å². The van der Waals surface area contributed by atoms with Gasteiger partial charge in [0, 0.05) is 11.4 Å². The van der Waals surface area contributed by atoms with Gasteiger partial charge < -0.3 is 30.4 Å². The molecule has 9 heteroatoms. The first kappa shape index (κ1) is 40.2. The molecule has 0 aliphatic carbocycles. The average Bonchev–Trinajstić information content (AvgIpc) is 3.09. The van der Waals surface area contributed by atoms with Gasteiger partial charge in [0.2, 0.25) is 0 Å². The van der Waals surface area contributed by atoms with Crippen molar-refractivity contribution in [3.8, 4) is 0 Å². The summed E-state index contributed by atoms with van der Waals surface area (Å²) in [4.78, 5) is 35.7. The molecule has 4 N–H and O–H groups in total. The van der Waals surface area contributed by atoms with Gasteiger partial charge in [0.15, 0.2) is 0 Å². The van der Waals surface area contributed by atoms with E-state index < -0.39 is 0 Å². The Hall–Kier alpha value is -4.01. The van der Waals surface area contributed by atoms with Gasteiger partial charge in [0.05, 0.1) is 49.9 Å². The summed E-state index contributed by atoms with van der Waals surface area (Å²) < 4.78 is 21.3. The number of carbonyl (C=O) groups is 3. The van der Waals surface area contributed by atoms with Crippen molar-refractivity contribution in [2.24, 2.45) is 0 Å². The predicted octanol–water partition coefficient (Wildman–Crippen LogP) is 8.96. The zero-order chi connectivity index (χ0) is 34.5. The fourth-order valence-electron chi connectivity index (χ4n) is 5.09. The molecule has 9 nitrogen and oxygen atoms in total. The van der Waals surface area contributed by atoms with Crippen molar-refractivity contribution < 1.29 is 33.3 Å². The molecule has 0 saturated carbocycles. The Bertz CT molecular complexity index is 1170. The molecule has 0 aromatic heterocycles. The van der Waals surface area contributed by atoms with Gasteiger partial charge in [0.1, 0.15) is 0 Å². The lowest BCUT2D eigenvalue weighted by atomic mass is 10.1. The van der Waals surface area contributed by atoms with Crippen molar-refractivity contribution in [3.63, 3.8) is 0 Å². The van der Waals surface area contributed by atoms with E-state index in [1.165, 1.54) is 57.3 Å². The SMILES string of the molecule is Nc1ccc(C(=O)OCCCCCCCCCCCO/C=C/C(=O)OCCCCCCCCCCCOC(=O)c2ccc(N)cc2)cc1. The second-order valence-electron chi connectivity index (χ2n) is 12.2. The number of unbranched alkanes of at least 4 members (excludes halogenated alkanes) is 16. The molecule has 0 radical (unpaired) electrons. The first-order valence-electron chi connectivity index (χ1n) is 18.0. The molecular weight excluding hydrogens is 608 g/mol. The van der Waals surface area contributed by atoms with Crippen molar-refractivity contribution in [3.05, 3.63) is 72.0 Å². The maximum absolute atomic E-state index is 11.9. The third kappa shape index (κ3) is 21.0. The highest BCUT2D eigenvalue weighted by Crippen LogP contribution is 2.13. The van der Waals surface area contributed by atoms with Gasteiger partial charge in [-0.1, -0.05) is 89.9 Å². The minimum absolute atomic E-state index is 0.293. The molecule has 0 aliphatic heterocycles. The van der Waals surface area contributed by atoms with E-state index in [1.807, 2.05) is 0 Å². The highest BCUT2D eigenvalue weighted by atomic mass is 16.5. The molecule has 0 heterocycles. The Morgan fingerprint density at radius 1 is 0.438 bits per heavy atom. The van der Waals surface area contributed by atoms with Crippen LogP contribution in [0, 0.1) is 0 Å². The van der Waals surface area contributed by atoms with Crippen LogP contribution in [0.4, 0.5) is 11.4 Å². The molecular formula is C39H58N2O7. The molecule has 0 saturated heterocycles. The van der Waals surface area contributed by atoms with Gasteiger partial charge in [0.25, 0.3) is 0 Å². The fraction of sp³-hybridized carbons (Fsp3) is 0.564. The fourth-order valence-corrected chi connectivity index (χ4v) is 5.09. The van der Waals surface area contributed by atoms with Crippen LogP contribution in [0.5, 0.6) is 0 Å². The molecule has 0 spiro atoms. The second-order valence-corrected chi connectivity index (χ2v) is 12.2. The number of esters is 3. The lowest BCUT2D eigenvalue weighted by Crippen LogP contribution is -2.06. The van der Waals surface area contributed by atoms with Crippen LogP contribution in [-0.4, -0.2) is 44.3 Å². The number of nitrogen functional groups attached to an aromatic ring is 2. The lowest BCUT2D eigenvalue weighted by Gasteiger charge is -2.06. The Morgan fingerprint density at radius 3 is 1.12 bits per heavy atom. The molecule has 2 rings (SSSR count). The quantitative estimate of drug-likeness (QED) is 0.0227. The van der Waals surface area contributed by atoms with Crippen molar-refractivity contribution in [1.82, 2.24) is 0 Å². The monoisotopic (exact) mass is 666 g/mol. The standard InChI is InChI=1S/C39H58N2O7/c40-35-23-19-33(20-24-35)38(43)47-30-17-13-9-5-1-3-7-11-15-28-45-32-27-37(42)46-29-16-12-8-4-2-6-10-14-18-31-48-39(44)34-21-25-36(41)26-22-34/h19-27,32H,1-18,28-31,40-41H2/b32-27+. The van der Waals surface area contributed by atoms with Crippen molar-refractivity contribution in [2.75, 3.05) is 37.9 Å². The van der Waals surface area contributed by atoms with Gasteiger partial charge in [-0.2, -0.15) is 0 Å². The lowest BCUT2D eigenvalue weighted by molar-refractivity contribution is -0.138. The summed E-state index contributed by atoms with van der Waals surface area (Å²) in [5, 5.41) is 0. The van der Waals surface area contributed by atoms with E-state index in [4.69, 9.17) is 30.4 Å². The van der Waals surface area contributed by atoms with Crippen LogP contribution in [0.3, 0.4) is 0 Å². The van der Waals surface area contributed by atoms with Crippen LogP contribution in [0.25, 0.3) is 0 Å². The second kappa shape index (κ2) is 27.0. The van der Waals surface area contributed by atoms with Gasteiger partial charge in [-0.3, -0.25) is 0 Å². The Kier molecular flexibility index (Phi) is 22.6. The molecule has 266 valence electrons. The van der Waals surface area contributed by atoms with E-state index in [2.05, 4.69) is 0 Å². The summed E-state index contributed by atoms with van der Waals surface area (Å²) in [6, 6.07) is 13.5. The van der Waals surface area contributed by atoms with E-state index in [9.17, 15) is 14.4 Å². The summed E-state index contributed by atoms with van der Waals surface area (Å²) in [5.74, 6) is -0.943. The van der Waals surface area contributed by atoms with Gasteiger partial charge >= 0.3 is 17.9 Å². The molecule has 2 aromatic carbocycles. The van der Waals surface area contributed by atoms with E-state index >= 15 is 0 Å². The molecule has 2 aromatic rings. The van der Waals surface area contributed by atoms with E-state index in [0.717, 1.165) is 70.6 Å². The topological polar surface area (TPSA) is 140 Å². The number of hydrogen-bond acceptors (Lipinski definition) is 9. The number of hydrogen-bond donors (Lipinski definition) is 2. The number of ether oxygens (including phenoxy) is 4. The maximum Gasteiger partial charge on any atom is 0.338 e. The maximum atomic E-state index is 11.9. The molecule has 0 amide bonds. The predicted molar refractivity (Wildman–Crippen MR) is 191 cm³/mol.